The molecule has 0 spiro atoms. The lowest BCUT2D eigenvalue weighted by Crippen LogP contribution is -2.20. The van der Waals surface area contributed by atoms with E-state index in [1.54, 1.807) is 10.7 Å². The number of amides is 1. The van der Waals surface area contributed by atoms with E-state index in [0.29, 0.717) is 10.7 Å². The highest BCUT2D eigenvalue weighted by Gasteiger charge is 2.13. The summed E-state index contributed by atoms with van der Waals surface area (Å²) < 4.78 is 1.55. The van der Waals surface area contributed by atoms with Crippen LogP contribution in [0.5, 0.6) is 5.75 Å². The molecule has 5 nitrogen and oxygen atoms in total. The number of hydrogen-bond acceptors (Lipinski definition) is 3. The second kappa shape index (κ2) is 6.40. The largest absolute Gasteiger partial charge is 0.508 e. The Bertz CT molecular complexity index is 708. The lowest BCUT2D eigenvalue weighted by Gasteiger charge is -2.14. The maximum Gasteiger partial charge on any atom is 0.246 e. The standard InChI is InChI=1S/C16H20ClN3O2/c1-9(2)12-6-14(10(3)5-15(12)21)19-16(22)8-20-11(4)13(17)7-18-20/h5-7,9,21H,8H2,1-4H3,(H,19,22). The monoisotopic (exact) mass is 321 g/mol. The molecule has 0 aliphatic rings. The molecule has 0 radical (unpaired) electrons. The first-order valence-corrected chi connectivity index (χ1v) is 7.48. The molecule has 6 heteroatoms. The summed E-state index contributed by atoms with van der Waals surface area (Å²) in [6.45, 7) is 7.73. The molecular weight excluding hydrogens is 302 g/mol. The van der Waals surface area contributed by atoms with Crippen molar-refractivity contribution in [3.05, 3.63) is 40.2 Å². The van der Waals surface area contributed by atoms with Crippen LogP contribution < -0.4 is 5.32 Å². The van der Waals surface area contributed by atoms with Gasteiger partial charge < -0.3 is 10.4 Å². The number of phenolic OH excluding ortho intramolecular Hbond substituents is 1. The van der Waals surface area contributed by atoms with Gasteiger partial charge in [-0.05, 0) is 43.0 Å². The Labute approximate surface area is 134 Å². The molecule has 0 saturated carbocycles. The number of rotatable bonds is 4. The van der Waals surface area contributed by atoms with Gasteiger partial charge in [-0.1, -0.05) is 25.4 Å². The average Bonchev–Trinajstić information content (AvgIpc) is 2.73. The van der Waals surface area contributed by atoms with Gasteiger partial charge in [-0.15, -0.1) is 0 Å². The van der Waals surface area contributed by atoms with Gasteiger partial charge in [0.25, 0.3) is 0 Å². The first-order chi connectivity index (χ1) is 10.3. The van der Waals surface area contributed by atoms with Crippen molar-refractivity contribution in [2.24, 2.45) is 0 Å². The molecule has 0 unspecified atom stereocenters. The topological polar surface area (TPSA) is 67.2 Å². The Kier molecular flexibility index (Phi) is 4.76. The van der Waals surface area contributed by atoms with E-state index in [2.05, 4.69) is 10.4 Å². The van der Waals surface area contributed by atoms with Gasteiger partial charge in [-0.2, -0.15) is 5.10 Å². The van der Waals surface area contributed by atoms with Crippen LogP contribution >= 0.6 is 11.6 Å². The third-order valence-corrected chi connectivity index (χ3v) is 3.98. The van der Waals surface area contributed by atoms with E-state index in [1.807, 2.05) is 33.8 Å². The highest BCUT2D eigenvalue weighted by molar-refractivity contribution is 6.31. The second-order valence-corrected chi connectivity index (χ2v) is 6.07. The number of nitrogens with one attached hydrogen (secondary N) is 1. The van der Waals surface area contributed by atoms with Crippen molar-refractivity contribution in [1.82, 2.24) is 9.78 Å². The summed E-state index contributed by atoms with van der Waals surface area (Å²) in [6.07, 6.45) is 1.52. The number of aryl methyl sites for hydroxylation is 1. The van der Waals surface area contributed by atoms with E-state index in [1.165, 1.54) is 6.20 Å². The molecule has 0 atom stereocenters. The van der Waals surface area contributed by atoms with E-state index in [0.717, 1.165) is 16.8 Å². The number of aromatic nitrogens is 2. The maximum atomic E-state index is 12.2. The highest BCUT2D eigenvalue weighted by atomic mass is 35.5. The van der Waals surface area contributed by atoms with Crippen LogP contribution in [0.15, 0.2) is 18.3 Å². The molecule has 118 valence electrons. The molecular formula is C16H20ClN3O2. The minimum Gasteiger partial charge on any atom is -0.508 e. The predicted molar refractivity (Wildman–Crippen MR) is 87.5 cm³/mol. The molecule has 0 fully saturated rings. The Hall–Kier alpha value is -2.01. The number of hydrogen-bond donors (Lipinski definition) is 2. The van der Waals surface area contributed by atoms with Gasteiger partial charge in [-0.3, -0.25) is 9.48 Å². The first-order valence-electron chi connectivity index (χ1n) is 7.11. The SMILES string of the molecule is Cc1cc(O)c(C(C)C)cc1NC(=O)Cn1ncc(Cl)c1C. The van der Waals surface area contributed by atoms with Gasteiger partial charge in [0.15, 0.2) is 0 Å². The number of carbonyl (C=O) groups excluding carboxylic acids is 1. The first kappa shape index (κ1) is 16.4. The fraction of sp³-hybridized carbons (Fsp3) is 0.375. The normalized spacial score (nSPS) is 11.0. The summed E-state index contributed by atoms with van der Waals surface area (Å²) in [7, 11) is 0. The summed E-state index contributed by atoms with van der Waals surface area (Å²) in [5.41, 5.74) is 3.06. The second-order valence-electron chi connectivity index (χ2n) is 5.66. The number of benzene rings is 1. The number of phenols is 1. The van der Waals surface area contributed by atoms with E-state index >= 15 is 0 Å². The zero-order valence-corrected chi connectivity index (χ0v) is 13.9. The van der Waals surface area contributed by atoms with Crippen LogP contribution in [0.2, 0.25) is 5.02 Å². The minimum absolute atomic E-state index is 0.0931. The zero-order chi connectivity index (χ0) is 16.4. The van der Waals surface area contributed by atoms with E-state index in [9.17, 15) is 9.90 Å². The smallest absolute Gasteiger partial charge is 0.246 e. The van der Waals surface area contributed by atoms with Crippen molar-refractivity contribution in [1.29, 1.82) is 0 Å². The fourth-order valence-electron chi connectivity index (χ4n) is 2.22. The van der Waals surface area contributed by atoms with Crippen molar-refractivity contribution < 1.29 is 9.90 Å². The third-order valence-electron chi connectivity index (χ3n) is 3.61. The van der Waals surface area contributed by atoms with Crippen molar-refractivity contribution in [2.45, 2.75) is 40.2 Å². The van der Waals surface area contributed by atoms with Crippen LogP contribution in [0.25, 0.3) is 0 Å². The predicted octanol–water partition coefficient (Wildman–Crippen LogP) is 3.62. The summed E-state index contributed by atoms with van der Waals surface area (Å²) in [6, 6.07) is 3.48. The van der Waals surface area contributed by atoms with E-state index < -0.39 is 0 Å². The number of nitrogens with zero attached hydrogens (tertiary/aromatic N) is 2. The summed E-state index contributed by atoms with van der Waals surface area (Å²) in [4.78, 5) is 12.2. The molecule has 2 aromatic rings. The van der Waals surface area contributed by atoms with Crippen LogP contribution in [0.1, 0.15) is 36.6 Å². The van der Waals surface area contributed by atoms with Crippen molar-refractivity contribution in [2.75, 3.05) is 5.32 Å². The van der Waals surface area contributed by atoms with Gasteiger partial charge in [0, 0.05) is 5.69 Å². The molecule has 0 aliphatic heterocycles. The maximum absolute atomic E-state index is 12.2. The Balaban J connectivity index is 2.18. The zero-order valence-electron chi connectivity index (χ0n) is 13.1. The Morgan fingerprint density at radius 3 is 2.64 bits per heavy atom. The molecule has 1 heterocycles. The van der Waals surface area contributed by atoms with Crippen LogP contribution in [-0.2, 0) is 11.3 Å². The highest BCUT2D eigenvalue weighted by Crippen LogP contribution is 2.31. The van der Waals surface area contributed by atoms with Crippen LogP contribution in [0.3, 0.4) is 0 Å². The van der Waals surface area contributed by atoms with Crippen molar-refractivity contribution >= 4 is 23.2 Å². The lowest BCUT2D eigenvalue weighted by atomic mass is 9.99. The van der Waals surface area contributed by atoms with Crippen LogP contribution in [-0.4, -0.2) is 20.8 Å². The van der Waals surface area contributed by atoms with Gasteiger partial charge in [-0.25, -0.2) is 0 Å². The molecule has 0 aliphatic carbocycles. The number of anilines is 1. The summed E-state index contributed by atoms with van der Waals surface area (Å²) >= 11 is 5.93. The van der Waals surface area contributed by atoms with Gasteiger partial charge >= 0.3 is 0 Å². The summed E-state index contributed by atoms with van der Waals surface area (Å²) in [5.74, 6) is 0.231. The summed E-state index contributed by atoms with van der Waals surface area (Å²) in [5, 5.41) is 17.4. The lowest BCUT2D eigenvalue weighted by molar-refractivity contribution is -0.116. The molecule has 22 heavy (non-hydrogen) atoms. The van der Waals surface area contributed by atoms with E-state index in [-0.39, 0.29) is 24.1 Å². The van der Waals surface area contributed by atoms with Gasteiger partial charge in [0.2, 0.25) is 5.91 Å². The Morgan fingerprint density at radius 1 is 1.41 bits per heavy atom. The van der Waals surface area contributed by atoms with Crippen LogP contribution in [0, 0.1) is 13.8 Å². The van der Waals surface area contributed by atoms with Crippen LogP contribution in [0.4, 0.5) is 5.69 Å². The van der Waals surface area contributed by atoms with E-state index in [4.69, 9.17) is 11.6 Å². The minimum atomic E-state index is -0.189. The number of aromatic hydroxyl groups is 1. The quantitative estimate of drug-likeness (QED) is 0.845. The molecule has 1 amide bonds. The molecule has 2 N–H and O–H groups in total. The third kappa shape index (κ3) is 3.42. The molecule has 0 bridgehead atoms. The van der Waals surface area contributed by atoms with Crippen molar-refractivity contribution in [3.8, 4) is 5.75 Å². The number of carbonyl (C=O) groups is 1. The molecule has 1 aromatic carbocycles. The fourth-order valence-corrected chi connectivity index (χ4v) is 2.36. The van der Waals surface area contributed by atoms with Crippen molar-refractivity contribution in [3.63, 3.8) is 0 Å². The molecule has 1 aromatic heterocycles. The molecule has 2 rings (SSSR count). The van der Waals surface area contributed by atoms with Gasteiger partial charge in [0.1, 0.15) is 12.3 Å². The van der Waals surface area contributed by atoms with Gasteiger partial charge in [0.05, 0.1) is 16.9 Å². The number of halogens is 1. The Morgan fingerprint density at radius 2 is 2.09 bits per heavy atom. The molecule has 0 saturated heterocycles. The average molecular weight is 322 g/mol.